The highest BCUT2D eigenvalue weighted by Crippen LogP contribution is 2.45. The number of hydrogen-bond acceptors (Lipinski definition) is 4. The molecular formula is C34H34N4O4. The molecule has 3 aromatic heterocycles. The maximum Gasteiger partial charge on any atom is 0.328 e. The first kappa shape index (κ1) is 26.3. The number of carboxylic acids is 1. The maximum absolute atomic E-state index is 13.9. The SMILES string of the molecule is Cn1c(C2(NC(=O)c3ccc4c(C5CCCC5)c(-c5ccoc5)n(C)c4c3)CCC2)nc2ccc(/C=C/C(=O)O)cc21. The minimum absolute atomic E-state index is 0.109. The molecule has 0 unspecified atom stereocenters. The average Bonchev–Trinajstić information content (AvgIpc) is 3.77. The van der Waals surface area contributed by atoms with E-state index in [1.165, 1.54) is 42.3 Å². The first-order valence-electron chi connectivity index (χ1n) is 14.7. The molecule has 0 bridgehead atoms. The lowest BCUT2D eigenvalue weighted by atomic mass is 9.75. The van der Waals surface area contributed by atoms with Crippen LogP contribution in [0.15, 0.2) is 65.5 Å². The van der Waals surface area contributed by atoms with Crippen molar-refractivity contribution < 1.29 is 19.1 Å². The zero-order valence-electron chi connectivity index (χ0n) is 23.9. The van der Waals surface area contributed by atoms with Crippen molar-refractivity contribution in [3.8, 4) is 11.3 Å². The smallest absolute Gasteiger partial charge is 0.328 e. The molecule has 0 spiro atoms. The largest absolute Gasteiger partial charge is 0.478 e. The van der Waals surface area contributed by atoms with Gasteiger partial charge in [0.15, 0.2) is 0 Å². The van der Waals surface area contributed by atoms with Gasteiger partial charge in [0.25, 0.3) is 5.91 Å². The highest BCUT2D eigenvalue weighted by atomic mass is 16.4. The fourth-order valence-electron chi connectivity index (χ4n) is 7.11. The van der Waals surface area contributed by atoms with Gasteiger partial charge in [-0.15, -0.1) is 0 Å². The van der Waals surface area contributed by atoms with Crippen molar-refractivity contribution in [2.45, 2.75) is 56.4 Å². The van der Waals surface area contributed by atoms with E-state index in [1.807, 2.05) is 54.3 Å². The first-order valence-corrected chi connectivity index (χ1v) is 14.7. The molecule has 5 aromatic rings. The van der Waals surface area contributed by atoms with Gasteiger partial charge >= 0.3 is 5.97 Å². The molecule has 2 aliphatic carbocycles. The number of amides is 1. The molecule has 2 aromatic carbocycles. The van der Waals surface area contributed by atoms with Crippen molar-refractivity contribution in [1.29, 1.82) is 0 Å². The molecule has 0 radical (unpaired) electrons. The van der Waals surface area contributed by atoms with Crippen LogP contribution >= 0.6 is 0 Å². The summed E-state index contributed by atoms with van der Waals surface area (Å²) in [6.07, 6.45) is 13.7. The van der Waals surface area contributed by atoms with E-state index in [2.05, 4.69) is 23.0 Å². The van der Waals surface area contributed by atoms with Crippen molar-refractivity contribution in [2.24, 2.45) is 14.1 Å². The standard InChI is InChI=1S/C34H34N4O4/c1-37-27-19-23(10-11-25(27)30(22-6-3-4-7-22)31(37)24-14-17-42-20-24)32(41)36-34(15-5-16-34)33-35-26-12-8-21(9-13-29(39)40)18-28(26)38(33)2/h8-14,17-20,22H,3-7,15-16H2,1-2H3,(H,36,41)(H,39,40)/b13-9+. The normalized spacial score (nSPS) is 16.9. The number of nitrogens with zero attached hydrogens (tertiary/aromatic N) is 3. The number of carboxylic acid groups (broad SMARTS) is 1. The molecule has 8 heteroatoms. The number of carbonyl (C=O) groups excluding carboxylic acids is 1. The molecule has 0 atom stereocenters. The van der Waals surface area contributed by atoms with Gasteiger partial charge in [-0.2, -0.15) is 0 Å². The zero-order valence-corrected chi connectivity index (χ0v) is 23.9. The molecule has 0 saturated heterocycles. The van der Waals surface area contributed by atoms with Gasteiger partial charge < -0.3 is 24.0 Å². The molecule has 42 heavy (non-hydrogen) atoms. The second kappa shape index (κ2) is 10.0. The molecule has 1 amide bonds. The van der Waals surface area contributed by atoms with Crippen molar-refractivity contribution >= 4 is 39.9 Å². The summed E-state index contributed by atoms with van der Waals surface area (Å²) in [7, 11) is 4.04. The van der Waals surface area contributed by atoms with Crippen LogP contribution in [0.25, 0.3) is 39.3 Å². The van der Waals surface area contributed by atoms with Gasteiger partial charge in [-0.05, 0) is 85.6 Å². The van der Waals surface area contributed by atoms with E-state index >= 15 is 0 Å². The Morgan fingerprint density at radius 1 is 1.02 bits per heavy atom. The van der Waals surface area contributed by atoms with E-state index in [0.29, 0.717) is 11.5 Å². The lowest BCUT2D eigenvalue weighted by molar-refractivity contribution is -0.131. The minimum atomic E-state index is -0.988. The van der Waals surface area contributed by atoms with Gasteiger partial charge in [-0.1, -0.05) is 25.0 Å². The monoisotopic (exact) mass is 562 g/mol. The van der Waals surface area contributed by atoms with Gasteiger partial charge in [-0.25, -0.2) is 9.78 Å². The van der Waals surface area contributed by atoms with E-state index in [4.69, 9.17) is 14.5 Å². The third kappa shape index (κ3) is 4.24. The quantitative estimate of drug-likeness (QED) is 0.210. The van der Waals surface area contributed by atoms with E-state index in [-0.39, 0.29) is 5.91 Å². The maximum atomic E-state index is 13.9. The van der Waals surface area contributed by atoms with Crippen LogP contribution in [0.5, 0.6) is 0 Å². The highest BCUT2D eigenvalue weighted by Gasteiger charge is 2.44. The lowest BCUT2D eigenvalue weighted by Crippen LogP contribution is -2.52. The summed E-state index contributed by atoms with van der Waals surface area (Å²) < 4.78 is 9.70. The number of fused-ring (bicyclic) bond motifs is 2. The van der Waals surface area contributed by atoms with Gasteiger partial charge in [-0.3, -0.25) is 4.79 Å². The molecule has 8 nitrogen and oxygen atoms in total. The predicted octanol–water partition coefficient (Wildman–Crippen LogP) is 6.89. The lowest BCUT2D eigenvalue weighted by Gasteiger charge is -2.41. The third-order valence-electron chi connectivity index (χ3n) is 9.37. The number of aliphatic carboxylic acids is 1. The molecule has 2 saturated carbocycles. The predicted molar refractivity (Wildman–Crippen MR) is 162 cm³/mol. The highest BCUT2D eigenvalue weighted by molar-refractivity contribution is 6.01. The topological polar surface area (TPSA) is 102 Å². The van der Waals surface area contributed by atoms with E-state index in [1.54, 1.807) is 12.3 Å². The molecule has 2 N–H and O–H groups in total. The number of imidazole rings is 1. The molecule has 214 valence electrons. The van der Waals surface area contributed by atoms with Crippen LogP contribution in [0, 0.1) is 0 Å². The second-order valence-electron chi connectivity index (χ2n) is 11.9. The Labute approximate surface area is 243 Å². The Morgan fingerprint density at radius 3 is 2.52 bits per heavy atom. The summed E-state index contributed by atoms with van der Waals surface area (Å²) in [6.45, 7) is 0. The summed E-state index contributed by atoms with van der Waals surface area (Å²) in [4.78, 5) is 29.8. The van der Waals surface area contributed by atoms with Crippen LogP contribution in [0.1, 0.15) is 78.2 Å². The Morgan fingerprint density at radius 2 is 1.83 bits per heavy atom. The first-order chi connectivity index (χ1) is 20.3. The van der Waals surface area contributed by atoms with Crippen LogP contribution in [0.2, 0.25) is 0 Å². The molecule has 2 fully saturated rings. The third-order valence-corrected chi connectivity index (χ3v) is 9.37. The molecule has 0 aliphatic heterocycles. The number of carbonyl (C=O) groups is 2. The van der Waals surface area contributed by atoms with Crippen LogP contribution in [0.4, 0.5) is 0 Å². The van der Waals surface area contributed by atoms with Crippen molar-refractivity contribution in [2.75, 3.05) is 0 Å². The van der Waals surface area contributed by atoms with E-state index in [9.17, 15) is 9.59 Å². The summed E-state index contributed by atoms with van der Waals surface area (Å²) in [5.41, 5.74) is 7.24. The molecule has 7 rings (SSSR count). The van der Waals surface area contributed by atoms with Gasteiger partial charge in [0, 0.05) is 42.2 Å². The van der Waals surface area contributed by atoms with Gasteiger partial charge in [0.05, 0.1) is 34.8 Å². The Kier molecular flexibility index (Phi) is 6.30. The number of benzene rings is 2. The molecule has 2 aliphatic rings. The van der Waals surface area contributed by atoms with E-state index in [0.717, 1.165) is 58.8 Å². The van der Waals surface area contributed by atoms with Crippen LogP contribution in [-0.2, 0) is 24.4 Å². The second-order valence-corrected chi connectivity index (χ2v) is 11.9. The molecule has 3 heterocycles. The number of hydrogen-bond donors (Lipinski definition) is 2. The van der Waals surface area contributed by atoms with Crippen molar-refractivity contribution in [1.82, 2.24) is 19.4 Å². The van der Waals surface area contributed by atoms with Gasteiger partial charge in [0.2, 0.25) is 0 Å². The van der Waals surface area contributed by atoms with Crippen LogP contribution in [0.3, 0.4) is 0 Å². The Hall–Kier alpha value is -4.59. The van der Waals surface area contributed by atoms with Gasteiger partial charge in [0.1, 0.15) is 5.82 Å². The summed E-state index contributed by atoms with van der Waals surface area (Å²) in [6, 6.07) is 13.8. The molecular weight excluding hydrogens is 528 g/mol. The Bertz CT molecular complexity index is 1860. The van der Waals surface area contributed by atoms with Crippen molar-refractivity contribution in [3.05, 3.63) is 83.6 Å². The summed E-state index contributed by atoms with van der Waals surface area (Å²) >= 11 is 0. The number of rotatable bonds is 7. The van der Waals surface area contributed by atoms with E-state index < -0.39 is 11.5 Å². The minimum Gasteiger partial charge on any atom is -0.478 e. The number of furan rings is 1. The number of aromatic nitrogens is 3. The summed E-state index contributed by atoms with van der Waals surface area (Å²) in [5.74, 6) is 0.233. The summed E-state index contributed by atoms with van der Waals surface area (Å²) in [5, 5.41) is 13.6. The van der Waals surface area contributed by atoms with Crippen LogP contribution in [-0.4, -0.2) is 31.1 Å². The van der Waals surface area contributed by atoms with Crippen molar-refractivity contribution in [3.63, 3.8) is 0 Å². The fourth-order valence-corrected chi connectivity index (χ4v) is 7.11. The Balaban J connectivity index is 1.24. The van der Waals surface area contributed by atoms with Crippen LogP contribution < -0.4 is 5.32 Å². The number of aryl methyl sites for hydroxylation is 2. The average molecular weight is 563 g/mol. The fraction of sp³-hybridized carbons (Fsp3) is 0.324. The zero-order chi connectivity index (χ0) is 29.0. The number of nitrogens with one attached hydrogen (secondary N) is 1.